The minimum absolute atomic E-state index is 0.336. The van der Waals surface area contributed by atoms with Crippen LogP contribution in [-0.4, -0.2) is 19.1 Å². The molecule has 1 amide bonds. The summed E-state index contributed by atoms with van der Waals surface area (Å²) in [5, 5.41) is 0. The summed E-state index contributed by atoms with van der Waals surface area (Å²) < 4.78 is 5.66. The minimum Gasteiger partial charge on any atom is -0.491 e. The van der Waals surface area contributed by atoms with E-state index < -0.39 is 5.91 Å². The molecular formula is C16H18N2O2. The van der Waals surface area contributed by atoms with E-state index in [1.54, 1.807) is 12.1 Å². The van der Waals surface area contributed by atoms with Crippen LogP contribution in [-0.2, 0) is 0 Å². The van der Waals surface area contributed by atoms with Crippen LogP contribution in [0.25, 0.3) is 11.1 Å². The Morgan fingerprint density at radius 3 is 2.45 bits per heavy atom. The molecule has 20 heavy (non-hydrogen) atoms. The van der Waals surface area contributed by atoms with E-state index in [0.29, 0.717) is 24.5 Å². The maximum Gasteiger partial charge on any atom is 0.252 e. The lowest BCUT2D eigenvalue weighted by Crippen LogP contribution is -2.16. The van der Waals surface area contributed by atoms with Crippen molar-refractivity contribution in [3.8, 4) is 16.9 Å². The van der Waals surface area contributed by atoms with E-state index in [9.17, 15) is 4.79 Å². The van der Waals surface area contributed by atoms with Crippen LogP contribution in [0.15, 0.2) is 42.5 Å². The Morgan fingerprint density at radius 2 is 1.80 bits per heavy atom. The quantitative estimate of drug-likeness (QED) is 0.873. The number of benzene rings is 2. The highest BCUT2D eigenvalue weighted by atomic mass is 16.5. The molecule has 0 aliphatic rings. The molecule has 0 aromatic heterocycles. The van der Waals surface area contributed by atoms with Gasteiger partial charge < -0.3 is 16.2 Å². The van der Waals surface area contributed by atoms with Crippen LogP contribution in [0.1, 0.15) is 15.9 Å². The van der Waals surface area contributed by atoms with Gasteiger partial charge in [0.1, 0.15) is 12.4 Å². The molecule has 4 heteroatoms. The predicted octanol–water partition coefficient (Wildman–Crippen LogP) is 2.10. The summed E-state index contributed by atoms with van der Waals surface area (Å²) in [5.41, 5.74) is 14.2. The highest BCUT2D eigenvalue weighted by molar-refractivity contribution is 5.98. The molecule has 0 heterocycles. The minimum atomic E-state index is -0.507. The van der Waals surface area contributed by atoms with Gasteiger partial charge >= 0.3 is 0 Å². The van der Waals surface area contributed by atoms with Crippen molar-refractivity contribution in [1.82, 2.24) is 0 Å². The number of nitrogens with two attached hydrogens (primary N) is 2. The number of carbonyl (C=O) groups is 1. The molecule has 0 radical (unpaired) electrons. The summed E-state index contributed by atoms with van der Waals surface area (Å²) in [7, 11) is 0. The molecule has 0 spiro atoms. The number of hydrogen-bond acceptors (Lipinski definition) is 3. The normalized spacial score (nSPS) is 10.3. The maximum absolute atomic E-state index is 11.6. The summed E-state index contributed by atoms with van der Waals surface area (Å²) >= 11 is 0. The molecule has 2 aromatic rings. The lowest BCUT2D eigenvalue weighted by Gasteiger charge is -2.15. The number of hydrogen-bond donors (Lipinski definition) is 2. The van der Waals surface area contributed by atoms with E-state index in [4.69, 9.17) is 16.2 Å². The van der Waals surface area contributed by atoms with Crippen molar-refractivity contribution in [1.29, 1.82) is 0 Å². The summed E-state index contributed by atoms with van der Waals surface area (Å²) in [4.78, 5) is 11.6. The lowest BCUT2D eigenvalue weighted by atomic mass is 9.97. The number of aryl methyl sites for hydroxylation is 1. The Balaban J connectivity index is 2.60. The first-order valence-corrected chi connectivity index (χ1v) is 6.47. The molecule has 2 rings (SSSR count). The first kappa shape index (κ1) is 14.1. The zero-order valence-electron chi connectivity index (χ0n) is 11.4. The highest BCUT2D eigenvalue weighted by Crippen LogP contribution is 2.34. The fourth-order valence-electron chi connectivity index (χ4n) is 2.13. The smallest absolute Gasteiger partial charge is 0.252 e. The van der Waals surface area contributed by atoms with Gasteiger partial charge in [-0.3, -0.25) is 4.79 Å². The highest BCUT2D eigenvalue weighted by Gasteiger charge is 2.16. The van der Waals surface area contributed by atoms with Gasteiger partial charge in [0.15, 0.2) is 0 Å². The fourth-order valence-corrected chi connectivity index (χ4v) is 2.13. The summed E-state index contributed by atoms with van der Waals surface area (Å²) in [6.07, 6.45) is 0. The number of ether oxygens (including phenoxy) is 1. The first-order chi connectivity index (χ1) is 9.65. The van der Waals surface area contributed by atoms with Crippen LogP contribution in [0, 0.1) is 6.92 Å². The Labute approximate surface area is 118 Å². The average molecular weight is 270 g/mol. The van der Waals surface area contributed by atoms with Gasteiger partial charge in [-0.15, -0.1) is 0 Å². The van der Waals surface area contributed by atoms with E-state index in [-0.39, 0.29) is 0 Å². The first-order valence-electron chi connectivity index (χ1n) is 6.47. The zero-order chi connectivity index (χ0) is 14.5. The topological polar surface area (TPSA) is 78.3 Å². The third-order valence-corrected chi connectivity index (χ3v) is 3.08. The summed E-state index contributed by atoms with van der Waals surface area (Å²) in [5.74, 6) is -0.00722. The second-order valence-electron chi connectivity index (χ2n) is 4.50. The van der Waals surface area contributed by atoms with Crippen molar-refractivity contribution in [2.45, 2.75) is 6.92 Å². The van der Waals surface area contributed by atoms with Gasteiger partial charge in [-0.1, -0.05) is 36.4 Å². The second kappa shape index (κ2) is 6.21. The zero-order valence-corrected chi connectivity index (χ0v) is 11.4. The van der Waals surface area contributed by atoms with Crippen molar-refractivity contribution in [3.63, 3.8) is 0 Å². The van der Waals surface area contributed by atoms with Crippen molar-refractivity contribution >= 4 is 5.91 Å². The Bertz CT molecular complexity index is 624. The molecule has 0 aliphatic carbocycles. The standard InChI is InChI=1S/C16H18N2O2/c1-11-5-2-3-6-12(11)13-7-4-8-14(16(18)19)15(13)20-10-9-17/h2-8H,9-10,17H2,1H3,(H2,18,19). The molecule has 0 saturated heterocycles. The number of primary amides is 1. The molecule has 0 fully saturated rings. The molecule has 0 saturated carbocycles. The third-order valence-electron chi connectivity index (χ3n) is 3.08. The second-order valence-corrected chi connectivity index (χ2v) is 4.50. The molecule has 0 bridgehead atoms. The Kier molecular flexibility index (Phi) is 4.38. The van der Waals surface area contributed by atoms with Crippen LogP contribution >= 0.6 is 0 Å². The van der Waals surface area contributed by atoms with Crippen LogP contribution in [0.4, 0.5) is 0 Å². The van der Waals surface area contributed by atoms with Crippen molar-refractivity contribution < 1.29 is 9.53 Å². The van der Waals surface area contributed by atoms with Crippen LogP contribution in [0.5, 0.6) is 5.75 Å². The van der Waals surface area contributed by atoms with Crippen molar-refractivity contribution in [2.24, 2.45) is 11.5 Å². The van der Waals surface area contributed by atoms with Gasteiger partial charge in [0.2, 0.25) is 0 Å². The van der Waals surface area contributed by atoms with Gasteiger partial charge in [0.05, 0.1) is 5.56 Å². The maximum atomic E-state index is 11.6. The molecule has 0 aliphatic heterocycles. The van der Waals surface area contributed by atoms with Crippen molar-refractivity contribution in [3.05, 3.63) is 53.6 Å². The summed E-state index contributed by atoms with van der Waals surface area (Å²) in [6, 6.07) is 13.3. The Hall–Kier alpha value is -2.33. The Morgan fingerprint density at radius 1 is 1.10 bits per heavy atom. The van der Waals surface area contributed by atoms with Gasteiger partial charge in [0.25, 0.3) is 5.91 Å². The van der Waals surface area contributed by atoms with E-state index in [2.05, 4.69) is 0 Å². The van der Waals surface area contributed by atoms with Crippen LogP contribution in [0.3, 0.4) is 0 Å². The third kappa shape index (κ3) is 2.81. The SMILES string of the molecule is Cc1ccccc1-c1cccc(C(N)=O)c1OCCN. The molecule has 0 unspecified atom stereocenters. The monoisotopic (exact) mass is 270 g/mol. The fraction of sp³-hybridized carbons (Fsp3) is 0.188. The van der Waals surface area contributed by atoms with E-state index in [0.717, 1.165) is 16.7 Å². The summed E-state index contributed by atoms with van der Waals surface area (Å²) in [6.45, 7) is 2.72. The lowest BCUT2D eigenvalue weighted by molar-refractivity contribution is 0.0996. The number of rotatable bonds is 5. The number of carbonyl (C=O) groups excluding carboxylic acids is 1. The van der Waals surface area contributed by atoms with E-state index in [1.165, 1.54) is 0 Å². The van der Waals surface area contributed by atoms with Crippen LogP contribution in [0.2, 0.25) is 0 Å². The molecule has 0 atom stereocenters. The number of amides is 1. The van der Waals surface area contributed by atoms with Gasteiger partial charge in [-0.25, -0.2) is 0 Å². The number of para-hydroxylation sites is 1. The van der Waals surface area contributed by atoms with E-state index >= 15 is 0 Å². The largest absolute Gasteiger partial charge is 0.491 e. The molecule has 104 valence electrons. The van der Waals surface area contributed by atoms with Gasteiger partial charge in [0, 0.05) is 12.1 Å². The van der Waals surface area contributed by atoms with Gasteiger partial charge in [-0.05, 0) is 24.1 Å². The van der Waals surface area contributed by atoms with E-state index in [1.807, 2.05) is 37.3 Å². The van der Waals surface area contributed by atoms with Crippen molar-refractivity contribution in [2.75, 3.05) is 13.2 Å². The van der Waals surface area contributed by atoms with Crippen LogP contribution < -0.4 is 16.2 Å². The molecule has 4 N–H and O–H groups in total. The predicted molar refractivity (Wildman–Crippen MR) is 79.7 cm³/mol. The average Bonchev–Trinajstić information content (AvgIpc) is 2.45. The molecule has 4 nitrogen and oxygen atoms in total. The molecular weight excluding hydrogens is 252 g/mol. The molecule has 2 aromatic carbocycles. The van der Waals surface area contributed by atoms with Gasteiger partial charge in [-0.2, -0.15) is 0 Å².